The zero-order valence-electron chi connectivity index (χ0n) is 29.3. The molecule has 0 fully saturated rings. The number of nitrogens with zero attached hydrogens (tertiary/aromatic N) is 5. The lowest BCUT2D eigenvalue weighted by atomic mass is 9.77. The normalized spacial score (nSPS) is 11.9. The van der Waals surface area contributed by atoms with E-state index in [9.17, 15) is 13.2 Å². The molecule has 0 aliphatic heterocycles. The Kier molecular flexibility index (Phi) is 9.21. The molecule has 9 heteroatoms. The molecule has 2 heterocycles. The third-order valence-electron chi connectivity index (χ3n) is 9.64. The van der Waals surface area contributed by atoms with Gasteiger partial charge in [-0.1, -0.05) is 153 Å². The molecule has 54 heavy (non-hydrogen) atoms. The van der Waals surface area contributed by atoms with E-state index in [1.54, 1.807) is 16.9 Å². The van der Waals surface area contributed by atoms with Crippen LogP contribution >= 0.6 is 0 Å². The summed E-state index contributed by atoms with van der Waals surface area (Å²) < 4.78 is 47.6. The number of aromatic nitrogens is 5. The average molecular weight is 718 g/mol. The molecule has 8 rings (SSSR count). The SMILES string of the molecule is CCc1cc(OCc2ccc(-c3ccccc3-c3nnn(C(c4ccccc4)(c4ccccc4)c4ccccc4)n3)cc2)c2cccc(C(F)(F)F)c2n1. The predicted octanol–water partition coefficient (Wildman–Crippen LogP) is 10.6. The third kappa shape index (κ3) is 6.38. The van der Waals surface area contributed by atoms with Crippen LogP contribution < -0.4 is 4.74 Å². The first kappa shape index (κ1) is 34.5. The molecule has 0 unspecified atom stereocenters. The molecular formula is C45H34F3N5O. The van der Waals surface area contributed by atoms with E-state index in [2.05, 4.69) is 46.5 Å². The van der Waals surface area contributed by atoms with Crippen LogP contribution in [0.25, 0.3) is 33.4 Å². The van der Waals surface area contributed by atoms with Gasteiger partial charge in [0.15, 0.2) is 5.54 Å². The van der Waals surface area contributed by atoms with E-state index in [4.69, 9.17) is 15.0 Å². The maximum absolute atomic E-state index is 13.8. The number of halogens is 3. The maximum Gasteiger partial charge on any atom is 0.418 e. The number of hydrogen-bond donors (Lipinski definition) is 0. The van der Waals surface area contributed by atoms with Crippen molar-refractivity contribution < 1.29 is 17.9 Å². The predicted molar refractivity (Wildman–Crippen MR) is 204 cm³/mol. The van der Waals surface area contributed by atoms with E-state index in [0.29, 0.717) is 29.1 Å². The smallest absolute Gasteiger partial charge is 0.418 e. The van der Waals surface area contributed by atoms with Crippen molar-refractivity contribution in [2.75, 3.05) is 0 Å². The van der Waals surface area contributed by atoms with Crippen LogP contribution in [0.15, 0.2) is 164 Å². The summed E-state index contributed by atoms with van der Waals surface area (Å²) in [5.74, 6) is 0.837. The van der Waals surface area contributed by atoms with Gasteiger partial charge >= 0.3 is 6.18 Å². The fourth-order valence-electron chi connectivity index (χ4n) is 7.02. The third-order valence-corrected chi connectivity index (χ3v) is 9.64. The van der Waals surface area contributed by atoms with Gasteiger partial charge in [-0.05, 0) is 57.1 Å². The minimum absolute atomic E-state index is 0.106. The van der Waals surface area contributed by atoms with E-state index in [0.717, 1.165) is 45.0 Å². The second-order valence-corrected chi connectivity index (χ2v) is 12.9. The number of hydrogen-bond acceptors (Lipinski definition) is 5. The van der Waals surface area contributed by atoms with Crippen molar-refractivity contribution >= 4 is 10.9 Å². The number of aryl methyl sites for hydroxylation is 1. The Morgan fingerprint density at radius 2 is 1.20 bits per heavy atom. The molecule has 0 saturated heterocycles. The monoisotopic (exact) mass is 717 g/mol. The molecule has 0 radical (unpaired) electrons. The molecule has 0 bridgehead atoms. The van der Waals surface area contributed by atoms with E-state index < -0.39 is 17.3 Å². The summed E-state index contributed by atoms with van der Waals surface area (Å²) >= 11 is 0. The van der Waals surface area contributed by atoms with Crippen LogP contribution in [0.2, 0.25) is 0 Å². The first-order valence-corrected chi connectivity index (χ1v) is 17.6. The number of alkyl halides is 3. The Morgan fingerprint density at radius 1 is 0.630 bits per heavy atom. The summed E-state index contributed by atoms with van der Waals surface area (Å²) in [5, 5.41) is 14.8. The van der Waals surface area contributed by atoms with Crippen LogP contribution in [-0.4, -0.2) is 25.2 Å². The molecule has 0 amide bonds. The summed E-state index contributed by atoms with van der Waals surface area (Å²) in [6.07, 6.45) is -4.05. The Hall–Kier alpha value is -6.61. The lowest BCUT2D eigenvalue weighted by molar-refractivity contribution is -0.136. The quantitative estimate of drug-likeness (QED) is 0.132. The number of benzene rings is 6. The minimum atomic E-state index is -4.53. The lowest BCUT2D eigenvalue weighted by Gasteiger charge is -2.34. The molecule has 0 N–H and O–H groups in total. The van der Waals surface area contributed by atoms with Gasteiger partial charge in [0, 0.05) is 22.7 Å². The van der Waals surface area contributed by atoms with Crippen molar-refractivity contribution in [2.24, 2.45) is 0 Å². The Bertz CT molecular complexity index is 2420. The Morgan fingerprint density at radius 3 is 1.78 bits per heavy atom. The van der Waals surface area contributed by atoms with Crippen molar-refractivity contribution in [2.45, 2.75) is 31.7 Å². The summed E-state index contributed by atoms with van der Waals surface area (Å²) in [6.45, 7) is 2.02. The summed E-state index contributed by atoms with van der Waals surface area (Å²) in [6, 6.07) is 52.2. The van der Waals surface area contributed by atoms with Gasteiger partial charge in [-0.15, -0.1) is 15.0 Å². The molecule has 0 spiro atoms. The van der Waals surface area contributed by atoms with Crippen LogP contribution in [0.4, 0.5) is 13.2 Å². The van der Waals surface area contributed by atoms with Gasteiger partial charge in [0.25, 0.3) is 0 Å². The van der Waals surface area contributed by atoms with Gasteiger partial charge in [0.2, 0.25) is 5.82 Å². The highest BCUT2D eigenvalue weighted by Crippen LogP contribution is 2.41. The molecule has 0 atom stereocenters. The molecule has 2 aromatic heterocycles. The van der Waals surface area contributed by atoms with Gasteiger partial charge < -0.3 is 4.74 Å². The van der Waals surface area contributed by atoms with Crippen molar-refractivity contribution in [3.8, 4) is 28.3 Å². The van der Waals surface area contributed by atoms with Crippen LogP contribution in [0.5, 0.6) is 5.75 Å². The summed E-state index contributed by atoms with van der Waals surface area (Å²) in [5.41, 5.74) is 5.23. The van der Waals surface area contributed by atoms with Crippen molar-refractivity contribution in [3.05, 3.63) is 197 Å². The molecule has 266 valence electrons. The molecule has 6 aromatic carbocycles. The second kappa shape index (κ2) is 14.4. The molecule has 8 aromatic rings. The fraction of sp³-hybridized carbons (Fsp3) is 0.111. The number of rotatable bonds is 10. The summed E-state index contributed by atoms with van der Waals surface area (Å²) in [7, 11) is 0. The number of pyridine rings is 1. The van der Waals surface area contributed by atoms with Gasteiger partial charge in [-0.3, -0.25) is 4.98 Å². The van der Waals surface area contributed by atoms with Gasteiger partial charge in [-0.25, -0.2) is 0 Å². The zero-order chi connectivity index (χ0) is 37.1. The highest BCUT2D eigenvalue weighted by Gasteiger charge is 2.41. The molecular weight excluding hydrogens is 684 g/mol. The maximum atomic E-state index is 13.8. The van der Waals surface area contributed by atoms with Crippen LogP contribution in [0, 0.1) is 0 Å². The first-order valence-electron chi connectivity index (χ1n) is 17.6. The largest absolute Gasteiger partial charge is 0.488 e. The number of ether oxygens (including phenoxy) is 1. The number of tetrazole rings is 1. The Balaban J connectivity index is 1.13. The number of fused-ring (bicyclic) bond motifs is 1. The van der Waals surface area contributed by atoms with Gasteiger partial charge in [0.1, 0.15) is 12.4 Å². The van der Waals surface area contributed by atoms with Crippen LogP contribution in [0.1, 0.15) is 40.4 Å². The van der Waals surface area contributed by atoms with Crippen molar-refractivity contribution in [1.29, 1.82) is 0 Å². The van der Waals surface area contributed by atoms with Gasteiger partial charge in [0.05, 0.1) is 11.1 Å². The van der Waals surface area contributed by atoms with E-state index in [-0.39, 0.29) is 12.1 Å². The average Bonchev–Trinajstić information content (AvgIpc) is 3.71. The lowest BCUT2D eigenvalue weighted by Crippen LogP contribution is -2.39. The standard InChI is InChI=1S/C45H34F3N5O/c1-2-36-29-41(39-23-14-24-40(42(39)49-36)45(46,47)48)54-30-31-25-27-32(28-26-31)37-21-12-13-22-38(37)43-50-52-53(51-43)44(33-15-6-3-7-16-33,34-17-8-4-9-18-34)35-19-10-5-11-20-35/h3-29H,2,30H2,1H3. The van der Waals surface area contributed by atoms with E-state index >= 15 is 0 Å². The second-order valence-electron chi connectivity index (χ2n) is 12.9. The van der Waals surface area contributed by atoms with E-state index in [1.807, 2.05) is 110 Å². The fourth-order valence-corrected chi connectivity index (χ4v) is 7.02. The molecule has 0 aliphatic rings. The van der Waals surface area contributed by atoms with Crippen molar-refractivity contribution in [3.63, 3.8) is 0 Å². The Labute approximate surface area is 310 Å². The highest BCUT2D eigenvalue weighted by molar-refractivity contribution is 5.88. The van der Waals surface area contributed by atoms with Crippen LogP contribution in [0.3, 0.4) is 0 Å². The minimum Gasteiger partial charge on any atom is -0.488 e. The van der Waals surface area contributed by atoms with Gasteiger partial charge in [-0.2, -0.15) is 13.2 Å². The number of para-hydroxylation sites is 1. The van der Waals surface area contributed by atoms with E-state index in [1.165, 1.54) is 6.07 Å². The first-order chi connectivity index (χ1) is 26.4. The van der Waals surface area contributed by atoms with Crippen LogP contribution in [-0.2, 0) is 24.7 Å². The highest BCUT2D eigenvalue weighted by atomic mass is 19.4. The summed E-state index contributed by atoms with van der Waals surface area (Å²) in [4.78, 5) is 6.01. The zero-order valence-corrected chi connectivity index (χ0v) is 29.3. The van der Waals surface area contributed by atoms with Crippen molar-refractivity contribution in [1.82, 2.24) is 25.2 Å². The molecule has 0 aliphatic carbocycles. The topological polar surface area (TPSA) is 65.7 Å². The molecule has 0 saturated carbocycles. The molecule has 6 nitrogen and oxygen atoms in total.